The average Bonchev–Trinajstić information content (AvgIpc) is 2.52. The van der Waals surface area contributed by atoms with Gasteiger partial charge in [0, 0.05) is 6.04 Å². The fraction of sp³-hybridized carbons (Fsp3) is 0.333. The lowest BCUT2D eigenvalue weighted by Crippen LogP contribution is -2.11. The van der Waals surface area contributed by atoms with Crippen LogP contribution in [0.15, 0.2) is 54.6 Å². The summed E-state index contributed by atoms with van der Waals surface area (Å²) in [6, 6.07) is 18.7. The standard InChI is InChI=1S/C18H23NO/c1-2-14-20-17-11-8-15(9-12-17)10-13-18(19)16-6-4-3-5-7-16/h3-9,11-12,18H,2,10,13-14,19H2,1H3. The third kappa shape index (κ3) is 4.39. The fourth-order valence-corrected chi connectivity index (χ4v) is 2.16. The molecule has 106 valence electrons. The fourth-order valence-electron chi connectivity index (χ4n) is 2.16. The summed E-state index contributed by atoms with van der Waals surface area (Å²) in [6.07, 6.45) is 2.98. The van der Waals surface area contributed by atoms with Gasteiger partial charge in [0.15, 0.2) is 0 Å². The van der Waals surface area contributed by atoms with Crippen LogP contribution < -0.4 is 10.5 Å². The first-order valence-electron chi connectivity index (χ1n) is 7.32. The van der Waals surface area contributed by atoms with Gasteiger partial charge >= 0.3 is 0 Å². The van der Waals surface area contributed by atoms with Gasteiger partial charge in [-0.25, -0.2) is 0 Å². The molecule has 2 aromatic carbocycles. The van der Waals surface area contributed by atoms with Crippen LogP contribution in [0.2, 0.25) is 0 Å². The zero-order valence-corrected chi connectivity index (χ0v) is 12.1. The minimum absolute atomic E-state index is 0.104. The predicted octanol–water partition coefficient (Wildman–Crippen LogP) is 4.11. The Morgan fingerprint density at radius 1 is 1.00 bits per heavy atom. The number of hydrogen-bond donors (Lipinski definition) is 1. The zero-order valence-electron chi connectivity index (χ0n) is 12.1. The van der Waals surface area contributed by atoms with Crippen molar-refractivity contribution in [3.05, 3.63) is 65.7 Å². The van der Waals surface area contributed by atoms with Gasteiger partial charge in [-0.2, -0.15) is 0 Å². The molecule has 0 aliphatic rings. The summed E-state index contributed by atoms with van der Waals surface area (Å²) < 4.78 is 5.58. The van der Waals surface area contributed by atoms with E-state index in [1.165, 1.54) is 11.1 Å². The van der Waals surface area contributed by atoms with Gasteiger partial charge in [-0.3, -0.25) is 0 Å². The highest BCUT2D eigenvalue weighted by atomic mass is 16.5. The van der Waals surface area contributed by atoms with Gasteiger partial charge in [-0.1, -0.05) is 49.4 Å². The molecule has 1 atom stereocenters. The Labute approximate surface area is 121 Å². The number of hydrogen-bond acceptors (Lipinski definition) is 2. The van der Waals surface area contributed by atoms with Crippen LogP contribution in [0.5, 0.6) is 5.75 Å². The monoisotopic (exact) mass is 269 g/mol. The molecule has 0 aromatic heterocycles. The van der Waals surface area contributed by atoms with Crippen LogP contribution in [0.25, 0.3) is 0 Å². The third-order valence-electron chi connectivity index (χ3n) is 3.37. The smallest absolute Gasteiger partial charge is 0.119 e. The molecule has 0 radical (unpaired) electrons. The molecule has 2 heteroatoms. The van der Waals surface area contributed by atoms with Crippen LogP contribution in [0.4, 0.5) is 0 Å². The Morgan fingerprint density at radius 2 is 1.70 bits per heavy atom. The highest BCUT2D eigenvalue weighted by Gasteiger charge is 2.05. The lowest BCUT2D eigenvalue weighted by Gasteiger charge is -2.12. The van der Waals surface area contributed by atoms with Crippen molar-refractivity contribution in [1.82, 2.24) is 0 Å². The van der Waals surface area contributed by atoms with E-state index in [4.69, 9.17) is 10.5 Å². The molecule has 1 unspecified atom stereocenters. The van der Waals surface area contributed by atoms with E-state index in [-0.39, 0.29) is 6.04 Å². The van der Waals surface area contributed by atoms with Crippen LogP contribution in [0.1, 0.15) is 36.9 Å². The highest BCUT2D eigenvalue weighted by molar-refractivity contribution is 5.27. The molecule has 0 amide bonds. The van der Waals surface area contributed by atoms with Crippen molar-refractivity contribution in [2.24, 2.45) is 5.73 Å². The lowest BCUT2D eigenvalue weighted by atomic mass is 10.00. The number of ether oxygens (including phenoxy) is 1. The van der Waals surface area contributed by atoms with E-state index in [1.807, 2.05) is 30.3 Å². The molecule has 0 saturated carbocycles. The van der Waals surface area contributed by atoms with Gasteiger partial charge in [-0.15, -0.1) is 0 Å². The normalized spacial score (nSPS) is 12.1. The molecule has 0 aliphatic carbocycles. The summed E-state index contributed by atoms with van der Waals surface area (Å²) in [6.45, 7) is 2.89. The van der Waals surface area contributed by atoms with E-state index in [0.29, 0.717) is 0 Å². The Morgan fingerprint density at radius 3 is 2.35 bits per heavy atom. The van der Waals surface area contributed by atoms with E-state index < -0.39 is 0 Å². The van der Waals surface area contributed by atoms with Crippen LogP contribution in [-0.4, -0.2) is 6.61 Å². The highest BCUT2D eigenvalue weighted by Crippen LogP contribution is 2.18. The van der Waals surface area contributed by atoms with Crippen molar-refractivity contribution < 1.29 is 4.74 Å². The number of benzene rings is 2. The van der Waals surface area contributed by atoms with Crippen molar-refractivity contribution >= 4 is 0 Å². The summed E-state index contributed by atoms with van der Waals surface area (Å²) in [4.78, 5) is 0. The lowest BCUT2D eigenvalue weighted by molar-refractivity contribution is 0.317. The first-order chi connectivity index (χ1) is 9.79. The molecule has 2 aromatic rings. The summed E-state index contributed by atoms with van der Waals surface area (Å²) in [5.74, 6) is 0.947. The Balaban J connectivity index is 1.84. The maximum absolute atomic E-state index is 6.21. The second kappa shape index (κ2) is 7.71. The second-order valence-electron chi connectivity index (χ2n) is 5.05. The maximum Gasteiger partial charge on any atom is 0.119 e. The summed E-state index contributed by atoms with van der Waals surface area (Å²) in [5, 5.41) is 0. The molecular weight excluding hydrogens is 246 g/mol. The van der Waals surface area contributed by atoms with Gasteiger partial charge < -0.3 is 10.5 Å². The molecule has 2 N–H and O–H groups in total. The molecule has 2 rings (SSSR count). The van der Waals surface area contributed by atoms with Gasteiger partial charge in [-0.05, 0) is 42.5 Å². The van der Waals surface area contributed by atoms with Crippen LogP contribution in [-0.2, 0) is 6.42 Å². The molecule has 0 fully saturated rings. The van der Waals surface area contributed by atoms with Crippen molar-refractivity contribution in [2.75, 3.05) is 6.61 Å². The van der Waals surface area contributed by atoms with Crippen LogP contribution >= 0.6 is 0 Å². The first-order valence-corrected chi connectivity index (χ1v) is 7.32. The van der Waals surface area contributed by atoms with Crippen molar-refractivity contribution in [1.29, 1.82) is 0 Å². The van der Waals surface area contributed by atoms with Gasteiger partial charge in [0.25, 0.3) is 0 Å². The van der Waals surface area contributed by atoms with Gasteiger partial charge in [0.1, 0.15) is 5.75 Å². The summed E-state index contributed by atoms with van der Waals surface area (Å²) >= 11 is 0. The van der Waals surface area contributed by atoms with E-state index in [0.717, 1.165) is 31.6 Å². The molecule has 0 aliphatic heterocycles. The Kier molecular flexibility index (Phi) is 5.63. The Hall–Kier alpha value is -1.80. The SMILES string of the molecule is CCCOc1ccc(CCC(N)c2ccccc2)cc1. The third-order valence-corrected chi connectivity index (χ3v) is 3.37. The summed E-state index contributed by atoms with van der Waals surface area (Å²) in [7, 11) is 0. The molecule has 0 spiro atoms. The predicted molar refractivity (Wildman–Crippen MR) is 83.9 cm³/mol. The van der Waals surface area contributed by atoms with Crippen molar-refractivity contribution in [3.8, 4) is 5.75 Å². The largest absolute Gasteiger partial charge is 0.494 e. The van der Waals surface area contributed by atoms with E-state index in [9.17, 15) is 0 Å². The molecule has 2 nitrogen and oxygen atoms in total. The first kappa shape index (κ1) is 14.6. The topological polar surface area (TPSA) is 35.2 Å². The number of aryl methyl sites for hydroxylation is 1. The quantitative estimate of drug-likeness (QED) is 0.821. The van der Waals surface area contributed by atoms with E-state index >= 15 is 0 Å². The molecular formula is C18H23NO. The molecule has 0 heterocycles. The van der Waals surface area contributed by atoms with Crippen molar-refractivity contribution in [3.63, 3.8) is 0 Å². The van der Waals surface area contributed by atoms with Gasteiger partial charge in [0.05, 0.1) is 6.61 Å². The number of rotatable bonds is 7. The van der Waals surface area contributed by atoms with E-state index in [2.05, 4.69) is 31.2 Å². The maximum atomic E-state index is 6.21. The number of nitrogens with two attached hydrogens (primary N) is 1. The zero-order chi connectivity index (χ0) is 14.2. The molecule has 0 bridgehead atoms. The minimum atomic E-state index is 0.104. The summed E-state index contributed by atoms with van der Waals surface area (Å²) in [5.41, 5.74) is 8.72. The second-order valence-corrected chi connectivity index (χ2v) is 5.05. The van der Waals surface area contributed by atoms with Crippen molar-refractivity contribution in [2.45, 2.75) is 32.2 Å². The van der Waals surface area contributed by atoms with E-state index in [1.54, 1.807) is 0 Å². The minimum Gasteiger partial charge on any atom is -0.494 e. The Bertz CT molecular complexity index is 493. The average molecular weight is 269 g/mol. The molecule has 0 saturated heterocycles. The van der Waals surface area contributed by atoms with Crippen LogP contribution in [0, 0.1) is 0 Å². The molecule has 20 heavy (non-hydrogen) atoms. The van der Waals surface area contributed by atoms with Crippen LogP contribution in [0.3, 0.4) is 0 Å². The van der Waals surface area contributed by atoms with Gasteiger partial charge in [0.2, 0.25) is 0 Å².